The van der Waals surface area contributed by atoms with E-state index in [0.29, 0.717) is 24.7 Å². The van der Waals surface area contributed by atoms with Crippen molar-refractivity contribution in [3.05, 3.63) is 11.6 Å². The predicted molar refractivity (Wildman–Crippen MR) is 167 cm³/mol. The van der Waals surface area contributed by atoms with Gasteiger partial charge in [-0.05, 0) is 104 Å². The minimum absolute atomic E-state index is 0.0134. The van der Waals surface area contributed by atoms with Crippen molar-refractivity contribution in [3.8, 4) is 0 Å². The first kappa shape index (κ1) is 33.8. The molecule has 15 unspecified atom stereocenters. The number of aliphatic carboxylic acids is 1. The summed E-state index contributed by atoms with van der Waals surface area (Å²) in [4.78, 5) is 13.0. The van der Waals surface area contributed by atoms with Crippen LogP contribution in [0.25, 0.3) is 0 Å². The van der Waals surface area contributed by atoms with E-state index < -0.39 is 60.2 Å². The summed E-state index contributed by atoms with van der Waals surface area (Å²) >= 11 is 0. The van der Waals surface area contributed by atoms with Crippen molar-refractivity contribution in [2.75, 3.05) is 6.61 Å². The molecule has 0 aromatic carbocycles. The quantitative estimate of drug-likeness (QED) is 0.199. The molecular formula is C36H58O9. The average Bonchev–Trinajstić information content (AvgIpc) is 2.96. The summed E-state index contributed by atoms with van der Waals surface area (Å²) in [5.74, 6) is -0.452. The largest absolute Gasteiger partial charge is 0.481 e. The number of aliphatic hydroxyl groups is 5. The highest BCUT2D eigenvalue weighted by atomic mass is 16.7. The topological polar surface area (TPSA) is 157 Å². The number of fused-ring (bicyclic) bond motifs is 7. The SMILES string of the molecule is CC1CCC2(C(=O)O)CCC3(C)C(=CCC4C5(C)CCC(OC6OC(CO)C(O)C(O)C6O)C(C)(C)C5CCC43C)C2C1(C)O. The van der Waals surface area contributed by atoms with Gasteiger partial charge in [0.05, 0.1) is 23.7 Å². The molecule has 45 heavy (non-hydrogen) atoms. The van der Waals surface area contributed by atoms with E-state index >= 15 is 0 Å². The number of rotatable bonds is 4. The lowest BCUT2D eigenvalue weighted by molar-refractivity contribution is -0.330. The van der Waals surface area contributed by atoms with Gasteiger partial charge in [-0.15, -0.1) is 0 Å². The lowest BCUT2D eigenvalue weighted by Crippen LogP contribution is -2.68. The maximum absolute atomic E-state index is 13.0. The van der Waals surface area contributed by atoms with Crippen LogP contribution in [0.15, 0.2) is 11.6 Å². The molecule has 0 amide bonds. The van der Waals surface area contributed by atoms with Crippen LogP contribution in [0.5, 0.6) is 0 Å². The summed E-state index contributed by atoms with van der Waals surface area (Å²) in [7, 11) is 0. The van der Waals surface area contributed by atoms with Crippen molar-refractivity contribution in [1.82, 2.24) is 0 Å². The molecule has 9 heteroatoms. The molecule has 5 aliphatic carbocycles. The second-order valence-corrected chi connectivity index (χ2v) is 17.5. The molecule has 0 spiro atoms. The zero-order chi connectivity index (χ0) is 33.1. The highest BCUT2D eigenvalue weighted by Gasteiger charge is 2.71. The van der Waals surface area contributed by atoms with Gasteiger partial charge in [0.15, 0.2) is 6.29 Å². The van der Waals surface area contributed by atoms with Crippen molar-refractivity contribution in [3.63, 3.8) is 0 Å². The first-order valence-electron chi connectivity index (χ1n) is 17.4. The van der Waals surface area contributed by atoms with Gasteiger partial charge in [0.25, 0.3) is 0 Å². The number of carboxylic acid groups (broad SMARTS) is 1. The van der Waals surface area contributed by atoms with Crippen LogP contribution in [0, 0.1) is 50.7 Å². The first-order valence-corrected chi connectivity index (χ1v) is 17.4. The average molecular weight is 635 g/mol. The molecule has 9 nitrogen and oxygen atoms in total. The minimum atomic E-state index is -1.47. The molecule has 0 bridgehead atoms. The van der Waals surface area contributed by atoms with Gasteiger partial charge < -0.3 is 40.1 Å². The van der Waals surface area contributed by atoms with E-state index in [-0.39, 0.29) is 33.7 Å². The minimum Gasteiger partial charge on any atom is -0.481 e. The molecule has 1 aliphatic heterocycles. The Morgan fingerprint density at radius 3 is 2.24 bits per heavy atom. The fourth-order valence-corrected chi connectivity index (χ4v) is 12.4. The van der Waals surface area contributed by atoms with E-state index in [9.17, 15) is 35.4 Å². The van der Waals surface area contributed by atoms with Gasteiger partial charge in [0.1, 0.15) is 24.4 Å². The standard InChI is InChI=1S/C36H58O9/c1-19-10-15-36(30(41)42)17-16-33(5)20(28(36)35(19,7)43)8-9-23-32(4)13-12-24(31(2,3)22(32)11-14-34(23,33)6)45-29-27(40)26(39)25(38)21(18-37)44-29/h8,19,21-29,37-40,43H,9-18H2,1-7H3,(H,41,42). The van der Waals surface area contributed by atoms with Crippen LogP contribution < -0.4 is 0 Å². The van der Waals surface area contributed by atoms with Gasteiger partial charge in [-0.25, -0.2) is 0 Å². The Morgan fingerprint density at radius 1 is 0.911 bits per heavy atom. The lowest BCUT2D eigenvalue weighted by atomic mass is 9.33. The monoisotopic (exact) mass is 634 g/mol. The molecule has 15 atom stereocenters. The van der Waals surface area contributed by atoms with Crippen molar-refractivity contribution < 1.29 is 44.9 Å². The number of carboxylic acids is 1. The summed E-state index contributed by atoms with van der Waals surface area (Å²) in [5, 5.41) is 63.7. The normalized spacial score (nSPS) is 55.8. The lowest BCUT2D eigenvalue weighted by Gasteiger charge is -2.72. The molecular weight excluding hydrogens is 576 g/mol. The summed E-state index contributed by atoms with van der Waals surface area (Å²) in [6.45, 7) is 15.2. The Kier molecular flexibility index (Phi) is 8.05. The maximum Gasteiger partial charge on any atom is 0.310 e. The molecule has 6 N–H and O–H groups in total. The number of hydrogen-bond donors (Lipinski definition) is 6. The zero-order valence-corrected chi connectivity index (χ0v) is 28.3. The second kappa shape index (κ2) is 10.7. The van der Waals surface area contributed by atoms with Crippen molar-refractivity contribution in [2.45, 2.75) is 149 Å². The molecule has 4 saturated carbocycles. The molecule has 6 rings (SSSR count). The third kappa shape index (κ3) is 4.39. The van der Waals surface area contributed by atoms with E-state index in [2.05, 4.69) is 47.6 Å². The van der Waals surface area contributed by atoms with E-state index in [1.165, 1.54) is 5.57 Å². The van der Waals surface area contributed by atoms with E-state index in [1.807, 2.05) is 6.92 Å². The number of carbonyl (C=O) groups is 1. The van der Waals surface area contributed by atoms with Gasteiger partial charge in [0.2, 0.25) is 0 Å². The molecule has 1 saturated heterocycles. The van der Waals surface area contributed by atoms with Crippen LogP contribution in [-0.2, 0) is 14.3 Å². The van der Waals surface area contributed by atoms with Gasteiger partial charge >= 0.3 is 5.97 Å². The van der Waals surface area contributed by atoms with Gasteiger partial charge in [-0.3, -0.25) is 4.79 Å². The van der Waals surface area contributed by atoms with Crippen LogP contribution in [0.4, 0.5) is 0 Å². The van der Waals surface area contributed by atoms with Crippen molar-refractivity contribution >= 4 is 5.97 Å². The van der Waals surface area contributed by atoms with E-state index in [4.69, 9.17) is 9.47 Å². The third-order valence-electron chi connectivity index (χ3n) is 15.6. The molecule has 1 heterocycles. The molecule has 256 valence electrons. The van der Waals surface area contributed by atoms with Crippen molar-refractivity contribution in [2.24, 2.45) is 50.7 Å². The molecule has 0 aromatic heterocycles. The van der Waals surface area contributed by atoms with E-state index in [0.717, 1.165) is 44.9 Å². The first-order chi connectivity index (χ1) is 20.8. The van der Waals surface area contributed by atoms with Crippen LogP contribution in [0.1, 0.15) is 106 Å². The summed E-state index contributed by atoms with van der Waals surface area (Å²) < 4.78 is 12.2. The van der Waals surface area contributed by atoms with E-state index in [1.54, 1.807) is 0 Å². The van der Waals surface area contributed by atoms with Crippen LogP contribution >= 0.6 is 0 Å². The number of aliphatic hydroxyl groups excluding tert-OH is 4. The van der Waals surface area contributed by atoms with Gasteiger partial charge in [-0.1, -0.05) is 53.2 Å². The number of ether oxygens (including phenoxy) is 2. The second-order valence-electron chi connectivity index (χ2n) is 17.5. The van der Waals surface area contributed by atoms with Gasteiger partial charge in [-0.2, -0.15) is 0 Å². The zero-order valence-electron chi connectivity index (χ0n) is 28.3. The maximum atomic E-state index is 13.0. The smallest absolute Gasteiger partial charge is 0.310 e. The van der Waals surface area contributed by atoms with Crippen LogP contribution in [0.2, 0.25) is 0 Å². The highest BCUT2D eigenvalue weighted by Crippen LogP contribution is 2.76. The molecule has 0 radical (unpaired) electrons. The van der Waals surface area contributed by atoms with Gasteiger partial charge in [0, 0.05) is 5.92 Å². The predicted octanol–water partition coefficient (Wildman–Crippen LogP) is 4.03. The Hall–Kier alpha value is -1.07. The Balaban J connectivity index is 1.31. The summed E-state index contributed by atoms with van der Waals surface area (Å²) in [6, 6.07) is 0. The fraction of sp³-hybridized carbons (Fsp3) is 0.917. The number of allylic oxidation sites excluding steroid dienone is 1. The third-order valence-corrected chi connectivity index (χ3v) is 15.6. The summed E-state index contributed by atoms with van der Waals surface area (Å²) in [6.07, 6.45) is 2.86. The Morgan fingerprint density at radius 2 is 1.60 bits per heavy atom. The number of hydrogen-bond acceptors (Lipinski definition) is 8. The Bertz CT molecular complexity index is 1210. The summed E-state index contributed by atoms with van der Waals surface area (Å²) in [5.41, 5.74) is -1.41. The fourth-order valence-electron chi connectivity index (χ4n) is 12.4. The molecule has 5 fully saturated rings. The van der Waals surface area contributed by atoms with Crippen molar-refractivity contribution in [1.29, 1.82) is 0 Å². The molecule has 0 aromatic rings. The molecule has 6 aliphatic rings. The highest BCUT2D eigenvalue weighted by molar-refractivity contribution is 5.77. The Labute approximate surface area is 268 Å². The van der Waals surface area contributed by atoms with Crippen LogP contribution in [0.3, 0.4) is 0 Å². The van der Waals surface area contributed by atoms with Crippen LogP contribution in [-0.4, -0.2) is 85.6 Å².